The molecular formula is C22H23ClFN5O2S. The van der Waals surface area contributed by atoms with Crippen LogP contribution in [0.15, 0.2) is 53.7 Å². The molecule has 0 aliphatic carbocycles. The van der Waals surface area contributed by atoms with Gasteiger partial charge in [-0.1, -0.05) is 23.4 Å². The molecule has 10 heteroatoms. The van der Waals surface area contributed by atoms with Crippen LogP contribution in [-0.2, 0) is 18.4 Å². The van der Waals surface area contributed by atoms with Gasteiger partial charge in [-0.3, -0.25) is 4.79 Å². The van der Waals surface area contributed by atoms with Crippen LogP contribution in [0.2, 0.25) is 5.02 Å². The zero-order valence-electron chi connectivity index (χ0n) is 17.6. The molecule has 1 aromatic heterocycles. The molecule has 0 atom stereocenters. The number of benzene rings is 2. The molecule has 3 aromatic rings. The Morgan fingerprint density at radius 1 is 1.06 bits per heavy atom. The summed E-state index contributed by atoms with van der Waals surface area (Å²) in [6.07, 6.45) is 0. The minimum atomic E-state index is -0.247. The highest BCUT2D eigenvalue weighted by Crippen LogP contribution is 2.21. The van der Waals surface area contributed by atoms with E-state index in [1.54, 1.807) is 36.4 Å². The van der Waals surface area contributed by atoms with E-state index in [1.807, 2.05) is 16.5 Å². The lowest BCUT2D eigenvalue weighted by atomic mass is 10.2. The van der Waals surface area contributed by atoms with Crippen LogP contribution in [0.4, 0.5) is 10.1 Å². The predicted molar refractivity (Wildman–Crippen MR) is 123 cm³/mol. The Bertz CT molecular complexity index is 1050. The number of carbonyl (C=O) groups excluding carboxylic acids is 1. The second-order valence-electron chi connectivity index (χ2n) is 7.33. The summed E-state index contributed by atoms with van der Waals surface area (Å²) in [4.78, 5) is 16.7. The molecule has 2 aromatic carbocycles. The Labute approximate surface area is 195 Å². The number of rotatable bonds is 7. The molecule has 0 unspecified atom stereocenters. The molecule has 1 aliphatic heterocycles. The van der Waals surface area contributed by atoms with Crippen LogP contribution in [0, 0.1) is 5.82 Å². The van der Waals surface area contributed by atoms with Crippen LogP contribution in [0.5, 0.6) is 5.75 Å². The lowest BCUT2D eigenvalue weighted by molar-refractivity contribution is -0.128. The summed E-state index contributed by atoms with van der Waals surface area (Å²) in [7, 11) is 1.86. The Balaban J connectivity index is 1.24. The Kier molecular flexibility index (Phi) is 7.16. The summed E-state index contributed by atoms with van der Waals surface area (Å²) in [5, 5.41) is 9.67. The van der Waals surface area contributed by atoms with Gasteiger partial charge in [0, 0.05) is 43.9 Å². The van der Waals surface area contributed by atoms with Crippen LogP contribution in [0.25, 0.3) is 0 Å². The van der Waals surface area contributed by atoms with E-state index in [1.165, 1.54) is 23.9 Å². The van der Waals surface area contributed by atoms with Crippen molar-refractivity contribution in [3.8, 4) is 5.75 Å². The van der Waals surface area contributed by atoms with E-state index in [-0.39, 0.29) is 18.3 Å². The lowest BCUT2D eigenvalue weighted by Gasteiger charge is -2.36. The fraction of sp³-hybridized carbons (Fsp3) is 0.318. The molecule has 32 heavy (non-hydrogen) atoms. The average Bonchev–Trinajstić information content (AvgIpc) is 3.17. The van der Waals surface area contributed by atoms with Gasteiger partial charge in [0.1, 0.15) is 18.2 Å². The van der Waals surface area contributed by atoms with E-state index in [0.29, 0.717) is 40.6 Å². The van der Waals surface area contributed by atoms with Crippen molar-refractivity contribution in [3.05, 3.63) is 65.2 Å². The lowest BCUT2D eigenvalue weighted by Crippen LogP contribution is -2.49. The number of nitrogens with zero attached hydrogens (tertiary/aromatic N) is 5. The average molecular weight is 476 g/mol. The number of halogens is 2. The molecule has 0 N–H and O–H groups in total. The van der Waals surface area contributed by atoms with E-state index in [2.05, 4.69) is 15.1 Å². The van der Waals surface area contributed by atoms with Gasteiger partial charge in [-0.2, -0.15) is 0 Å². The molecular weight excluding hydrogens is 453 g/mol. The third kappa shape index (κ3) is 5.52. The molecule has 1 aliphatic rings. The highest BCUT2D eigenvalue weighted by atomic mass is 35.5. The third-order valence-corrected chi connectivity index (χ3v) is 6.51. The van der Waals surface area contributed by atoms with Gasteiger partial charge in [0.05, 0.1) is 5.75 Å². The van der Waals surface area contributed by atoms with Crippen molar-refractivity contribution < 1.29 is 13.9 Å². The SMILES string of the molecule is Cn1c(COc2ccc(Cl)cc2)nnc1SCC(=O)N1CCN(c2ccc(F)cc2)CC1. The van der Waals surface area contributed by atoms with E-state index < -0.39 is 0 Å². The van der Waals surface area contributed by atoms with Crippen LogP contribution in [0.1, 0.15) is 5.82 Å². The Morgan fingerprint density at radius 3 is 2.44 bits per heavy atom. The topological polar surface area (TPSA) is 63.5 Å². The van der Waals surface area contributed by atoms with Crippen molar-refractivity contribution in [2.45, 2.75) is 11.8 Å². The van der Waals surface area contributed by atoms with Crippen LogP contribution < -0.4 is 9.64 Å². The first-order chi connectivity index (χ1) is 15.5. The minimum Gasteiger partial charge on any atom is -0.486 e. The number of amides is 1. The molecule has 1 saturated heterocycles. The van der Waals surface area contributed by atoms with Gasteiger partial charge in [-0.15, -0.1) is 10.2 Å². The molecule has 7 nitrogen and oxygen atoms in total. The molecule has 4 rings (SSSR count). The molecule has 2 heterocycles. The number of hydrogen-bond donors (Lipinski definition) is 0. The summed E-state index contributed by atoms with van der Waals surface area (Å²) in [5.41, 5.74) is 0.973. The normalized spacial score (nSPS) is 14.0. The standard InChI is InChI=1S/C22H23ClFN5O2S/c1-27-20(14-31-19-8-2-16(23)3-9-19)25-26-22(27)32-15-21(30)29-12-10-28(11-13-29)18-6-4-17(24)5-7-18/h2-9H,10-15H2,1H3. The van der Waals surface area contributed by atoms with E-state index in [4.69, 9.17) is 16.3 Å². The Hall–Kier alpha value is -2.78. The van der Waals surface area contributed by atoms with Crippen LogP contribution >= 0.6 is 23.4 Å². The quantitative estimate of drug-likeness (QED) is 0.486. The van der Waals surface area contributed by atoms with Crippen molar-refractivity contribution >= 4 is 35.0 Å². The molecule has 0 spiro atoms. The summed E-state index contributed by atoms with van der Waals surface area (Å²) in [6, 6.07) is 13.6. The van der Waals surface area contributed by atoms with Gasteiger partial charge in [0.2, 0.25) is 5.91 Å². The fourth-order valence-corrected chi connectivity index (χ4v) is 4.32. The second kappa shape index (κ2) is 10.2. The highest BCUT2D eigenvalue weighted by molar-refractivity contribution is 7.99. The minimum absolute atomic E-state index is 0.0655. The van der Waals surface area contributed by atoms with Crippen LogP contribution in [-0.4, -0.2) is 57.5 Å². The van der Waals surface area contributed by atoms with Gasteiger partial charge < -0.3 is 19.1 Å². The number of ether oxygens (including phenoxy) is 1. The second-order valence-corrected chi connectivity index (χ2v) is 8.71. The first-order valence-electron chi connectivity index (χ1n) is 10.2. The maximum Gasteiger partial charge on any atom is 0.233 e. The van der Waals surface area contributed by atoms with Crippen molar-refractivity contribution in [1.29, 1.82) is 0 Å². The van der Waals surface area contributed by atoms with Crippen molar-refractivity contribution in [2.75, 3.05) is 36.8 Å². The van der Waals surface area contributed by atoms with Gasteiger partial charge in [-0.25, -0.2) is 4.39 Å². The summed E-state index contributed by atoms with van der Waals surface area (Å²) < 4.78 is 20.7. The number of anilines is 1. The molecule has 1 amide bonds. The number of aromatic nitrogens is 3. The zero-order valence-corrected chi connectivity index (χ0v) is 19.2. The first-order valence-corrected chi connectivity index (χ1v) is 11.5. The van der Waals surface area contributed by atoms with Crippen LogP contribution in [0.3, 0.4) is 0 Å². The molecule has 0 saturated carbocycles. The number of piperazine rings is 1. The van der Waals surface area contributed by atoms with E-state index in [9.17, 15) is 9.18 Å². The molecule has 1 fully saturated rings. The predicted octanol–water partition coefficient (Wildman–Crippen LogP) is 3.63. The van der Waals surface area contributed by atoms with Crippen molar-refractivity contribution in [3.63, 3.8) is 0 Å². The molecule has 0 bridgehead atoms. The van der Waals surface area contributed by atoms with E-state index in [0.717, 1.165) is 18.8 Å². The van der Waals surface area contributed by atoms with Crippen molar-refractivity contribution in [1.82, 2.24) is 19.7 Å². The largest absolute Gasteiger partial charge is 0.486 e. The summed E-state index contributed by atoms with van der Waals surface area (Å²) in [6.45, 7) is 2.98. The number of thioether (sulfide) groups is 1. The Morgan fingerprint density at radius 2 is 1.75 bits per heavy atom. The summed E-state index contributed by atoms with van der Waals surface area (Å²) >= 11 is 7.25. The third-order valence-electron chi connectivity index (χ3n) is 5.26. The van der Waals surface area contributed by atoms with Gasteiger partial charge >= 0.3 is 0 Å². The monoisotopic (exact) mass is 475 g/mol. The van der Waals surface area contributed by atoms with E-state index >= 15 is 0 Å². The zero-order chi connectivity index (χ0) is 22.5. The highest BCUT2D eigenvalue weighted by Gasteiger charge is 2.22. The summed E-state index contributed by atoms with van der Waals surface area (Å²) in [5.74, 6) is 1.48. The smallest absolute Gasteiger partial charge is 0.233 e. The fourth-order valence-electron chi connectivity index (χ4n) is 3.36. The first kappa shape index (κ1) is 22.4. The molecule has 0 radical (unpaired) electrons. The maximum absolute atomic E-state index is 13.1. The maximum atomic E-state index is 13.1. The van der Waals surface area contributed by atoms with Gasteiger partial charge in [-0.05, 0) is 48.5 Å². The number of carbonyl (C=O) groups is 1. The number of hydrogen-bond acceptors (Lipinski definition) is 6. The van der Waals surface area contributed by atoms with Gasteiger partial charge in [0.15, 0.2) is 11.0 Å². The molecule has 168 valence electrons. The van der Waals surface area contributed by atoms with Crippen molar-refractivity contribution in [2.24, 2.45) is 7.05 Å². The van der Waals surface area contributed by atoms with Gasteiger partial charge in [0.25, 0.3) is 0 Å².